The smallest absolute Gasteiger partial charge is 0.221 e. The highest BCUT2D eigenvalue weighted by molar-refractivity contribution is 6.37. The molecule has 0 atom stereocenters. The lowest BCUT2D eigenvalue weighted by Gasteiger charge is -2.14. The van der Waals surface area contributed by atoms with Crippen molar-refractivity contribution in [2.75, 3.05) is 5.32 Å². The molecule has 3 nitrogen and oxygen atoms in total. The van der Waals surface area contributed by atoms with Crippen molar-refractivity contribution in [3.63, 3.8) is 0 Å². The first kappa shape index (κ1) is 13.1. The quantitative estimate of drug-likeness (QED) is 0.901. The summed E-state index contributed by atoms with van der Waals surface area (Å²) in [7, 11) is 0. The van der Waals surface area contributed by atoms with Gasteiger partial charge in [-0.1, -0.05) is 23.2 Å². The Morgan fingerprint density at radius 2 is 1.94 bits per heavy atom. The third-order valence-electron chi connectivity index (χ3n) is 1.69. The van der Waals surface area contributed by atoms with E-state index in [0.717, 1.165) is 0 Å². The highest BCUT2D eigenvalue weighted by Gasteiger charge is 2.10. The monoisotopic (exact) mass is 261 g/mol. The van der Waals surface area contributed by atoms with Crippen molar-refractivity contribution in [3.8, 4) is 5.75 Å². The number of halogens is 2. The third-order valence-corrected chi connectivity index (χ3v) is 2.30. The fourth-order valence-corrected chi connectivity index (χ4v) is 1.63. The van der Waals surface area contributed by atoms with E-state index in [1.54, 1.807) is 12.1 Å². The molecule has 0 aliphatic rings. The predicted molar refractivity (Wildman–Crippen MR) is 66.5 cm³/mol. The second-order valence-corrected chi connectivity index (χ2v) is 4.42. The topological polar surface area (TPSA) is 38.3 Å². The molecule has 0 spiro atoms. The number of hydrogen-bond acceptors (Lipinski definition) is 2. The Labute approximate surface area is 105 Å². The molecule has 0 fully saturated rings. The minimum atomic E-state index is -0.195. The zero-order chi connectivity index (χ0) is 12.3. The molecule has 1 amide bonds. The number of carbonyl (C=O) groups excluding carboxylic acids is 1. The zero-order valence-corrected chi connectivity index (χ0v) is 10.8. The average Bonchev–Trinajstić information content (AvgIpc) is 2.11. The molecule has 1 N–H and O–H groups in total. The maximum atomic E-state index is 10.9. The van der Waals surface area contributed by atoms with Gasteiger partial charge < -0.3 is 10.1 Å². The number of nitrogens with one attached hydrogen (secondary N) is 1. The first-order valence-corrected chi connectivity index (χ1v) is 5.59. The fourth-order valence-electron chi connectivity index (χ4n) is 1.16. The van der Waals surface area contributed by atoms with E-state index in [1.165, 1.54) is 6.92 Å². The first-order chi connectivity index (χ1) is 7.40. The second kappa shape index (κ2) is 5.41. The average molecular weight is 262 g/mol. The van der Waals surface area contributed by atoms with Crippen LogP contribution in [0.5, 0.6) is 5.75 Å². The molecule has 1 aromatic rings. The lowest BCUT2D eigenvalue weighted by atomic mass is 10.3. The van der Waals surface area contributed by atoms with Crippen LogP contribution in [0.2, 0.25) is 10.0 Å². The van der Waals surface area contributed by atoms with Gasteiger partial charge in [-0.25, -0.2) is 0 Å². The number of carbonyl (C=O) groups is 1. The Balaban J connectivity index is 3.05. The number of anilines is 1. The van der Waals surface area contributed by atoms with Gasteiger partial charge in [0, 0.05) is 13.0 Å². The van der Waals surface area contributed by atoms with Crippen LogP contribution in [0.25, 0.3) is 0 Å². The fraction of sp³-hybridized carbons (Fsp3) is 0.364. The lowest BCUT2D eigenvalue weighted by Crippen LogP contribution is -2.09. The van der Waals surface area contributed by atoms with Gasteiger partial charge in [0.25, 0.3) is 0 Å². The highest BCUT2D eigenvalue weighted by atomic mass is 35.5. The Bertz CT molecular complexity index is 405. The van der Waals surface area contributed by atoms with Crippen molar-refractivity contribution < 1.29 is 9.53 Å². The summed E-state index contributed by atoms with van der Waals surface area (Å²) in [4.78, 5) is 10.9. The van der Waals surface area contributed by atoms with E-state index in [4.69, 9.17) is 27.9 Å². The zero-order valence-electron chi connectivity index (χ0n) is 9.30. The molecule has 0 heterocycles. The number of ether oxygens (including phenoxy) is 1. The van der Waals surface area contributed by atoms with Crippen molar-refractivity contribution in [1.29, 1.82) is 0 Å². The van der Waals surface area contributed by atoms with Crippen LogP contribution in [0.4, 0.5) is 5.69 Å². The summed E-state index contributed by atoms with van der Waals surface area (Å²) in [6, 6.07) is 3.16. The van der Waals surface area contributed by atoms with E-state index in [9.17, 15) is 4.79 Å². The van der Waals surface area contributed by atoms with Crippen LogP contribution in [0.1, 0.15) is 20.8 Å². The molecular weight excluding hydrogens is 249 g/mol. The van der Waals surface area contributed by atoms with Crippen LogP contribution in [-0.4, -0.2) is 12.0 Å². The summed E-state index contributed by atoms with van der Waals surface area (Å²) >= 11 is 11.9. The molecule has 88 valence electrons. The van der Waals surface area contributed by atoms with E-state index in [-0.39, 0.29) is 12.0 Å². The van der Waals surface area contributed by atoms with Gasteiger partial charge in [-0.15, -0.1) is 0 Å². The van der Waals surface area contributed by atoms with Gasteiger partial charge in [0.2, 0.25) is 5.91 Å². The maximum absolute atomic E-state index is 10.9. The van der Waals surface area contributed by atoms with E-state index >= 15 is 0 Å². The lowest BCUT2D eigenvalue weighted by molar-refractivity contribution is -0.114. The number of hydrogen-bond donors (Lipinski definition) is 1. The summed E-state index contributed by atoms with van der Waals surface area (Å²) in [5.74, 6) is 0.310. The molecule has 0 aliphatic carbocycles. The van der Waals surface area contributed by atoms with Gasteiger partial charge in [-0.05, 0) is 19.9 Å². The Morgan fingerprint density at radius 1 is 1.31 bits per heavy atom. The largest absolute Gasteiger partial charge is 0.489 e. The number of amides is 1. The Kier molecular flexibility index (Phi) is 4.44. The second-order valence-electron chi connectivity index (χ2n) is 3.61. The van der Waals surface area contributed by atoms with Crippen molar-refractivity contribution in [2.45, 2.75) is 26.9 Å². The minimum absolute atomic E-state index is 0.00357. The maximum Gasteiger partial charge on any atom is 0.221 e. The van der Waals surface area contributed by atoms with E-state index in [2.05, 4.69) is 5.32 Å². The Morgan fingerprint density at radius 3 is 2.44 bits per heavy atom. The molecular formula is C11H13Cl2NO2. The van der Waals surface area contributed by atoms with Crippen molar-refractivity contribution >= 4 is 34.8 Å². The summed E-state index contributed by atoms with van der Waals surface area (Å²) in [6.07, 6.45) is 0.00357. The SMILES string of the molecule is CC(=O)Nc1cc(OC(C)C)c(Cl)cc1Cl. The van der Waals surface area contributed by atoms with Crippen LogP contribution < -0.4 is 10.1 Å². The predicted octanol–water partition coefficient (Wildman–Crippen LogP) is 3.74. The normalized spacial score (nSPS) is 10.4. The van der Waals surface area contributed by atoms with Gasteiger partial charge in [-0.3, -0.25) is 4.79 Å². The van der Waals surface area contributed by atoms with Gasteiger partial charge >= 0.3 is 0 Å². The standard InChI is InChI=1S/C11H13Cl2NO2/c1-6(2)16-11-5-10(14-7(3)15)8(12)4-9(11)13/h4-6H,1-3H3,(H,14,15). The van der Waals surface area contributed by atoms with Crippen molar-refractivity contribution in [2.24, 2.45) is 0 Å². The molecule has 0 unspecified atom stereocenters. The van der Waals surface area contributed by atoms with Gasteiger partial charge in [0.1, 0.15) is 5.75 Å². The molecule has 1 aromatic carbocycles. The molecule has 0 bridgehead atoms. The van der Waals surface area contributed by atoms with Gasteiger partial charge in [0.15, 0.2) is 0 Å². The van der Waals surface area contributed by atoms with Crippen LogP contribution in [-0.2, 0) is 4.79 Å². The van der Waals surface area contributed by atoms with Crippen LogP contribution in [0, 0.1) is 0 Å². The molecule has 0 radical (unpaired) electrons. The van der Waals surface area contributed by atoms with E-state index < -0.39 is 0 Å². The molecule has 5 heteroatoms. The van der Waals surface area contributed by atoms with Gasteiger partial charge in [0.05, 0.1) is 21.8 Å². The van der Waals surface area contributed by atoms with Crippen molar-refractivity contribution in [3.05, 3.63) is 22.2 Å². The summed E-state index contributed by atoms with van der Waals surface area (Å²) in [6.45, 7) is 5.19. The summed E-state index contributed by atoms with van der Waals surface area (Å²) < 4.78 is 5.48. The molecule has 1 rings (SSSR count). The van der Waals surface area contributed by atoms with E-state index in [0.29, 0.717) is 21.5 Å². The number of rotatable bonds is 3. The van der Waals surface area contributed by atoms with Crippen LogP contribution >= 0.6 is 23.2 Å². The first-order valence-electron chi connectivity index (χ1n) is 4.83. The van der Waals surface area contributed by atoms with Crippen LogP contribution in [0.3, 0.4) is 0 Å². The molecule has 0 aromatic heterocycles. The molecule has 0 aliphatic heterocycles. The molecule has 0 saturated heterocycles. The Hall–Kier alpha value is -0.930. The summed E-state index contributed by atoms with van der Waals surface area (Å²) in [5.41, 5.74) is 0.495. The van der Waals surface area contributed by atoms with E-state index in [1.807, 2.05) is 13.8 Å². The molecule has 0 saturated carbocycles. The minimum Gasteiger partial charge on any atom is -0.489 e. The molecule has 16 heavy (non-hydrogen) atoms. The van der Waals surface area contributed by atoms with Gasteiger partial charge in [-0.2, -0.15) is 0 Å². The third kappa shape index (κ3) is 3.58. The number of benzene rings is 1. The van der Waals surface area contributed by atoms with Crippen molar-refractivity contribution in [1.82, 2.24) is 0 Å². The van der Waals surface area contributed by atoms with Crippen LogP contribution in [0.15, 0.2) is 12.1 Å². The highest BCUT2D eigenvalue weighted by Crippen LogP contribution is 2.34. The summed E-state index contributed by atoms with van der Waals surface area (Å²) in [5, 5.41) is 3.41.